The summed E-state index contributed by atoms with van der Waals surface area (Å²) in [6.07, 6.45) is -1.66. The molecule has 2 nitrogen and oxygen atoms in total. The molecule has 0 amide bonds. The number of alkyl halides is 3. The van der Waals surface area contributed by atoms with Crippen LogP contribution in [-0.2, 0) is 12.6 Å². The van der Waals surface area contributed by atoms with Gasteiger partial charge >= 0.3 is 6.18 Å². The molecule has 1 unspecified atom stereocenters. The van der Waals surface area contributed by atoms with Crippen LogP contribution in [0.1, 0.15) is 22.7 Å². The monoisotopic (exact) mass is 314 g/mol. The Morgan fingerprint density at radius 3 is 2.57 bits per heavy atom. The Hall–Kier alpha value is -1.59. The summed E-state index contributed by atoms with van der Waals surface area (Å²) in [5, 5.41) is 3.45. The number of hydrogen-bond acceptors (Lipinski definition) is 2. The summed E-state index contributed by atoms with van der Waals surface area (Å²) in [6.45, 7) is 0. The highest BCUT2D eigenvalue weighted by Gasteiger charge is 2.35. The molecule has 0 aliphatic carbocycles. The second-order valence-corrected chi connectivity index (χ2v) is 5.00. The van der Waals surface area contributed by atoms with Crippen LogP contribution in [0.25, 0.3) is 0 Å². The average molecular weight is 315 g/mol. The van der Waals surface area contributed by atoms with Crippen LogP contribution in [0.4, 0.5) is 13.2 Å². The molecule has 1 heterocycles. The van der Waals surface area contributed by atoms with Gasteiger partial charge in [-0.3, -0.25) is 4.98 Å². The third-order valence-corrected chi connectivity index (χ3v) is 3.63. The molecule has 2 aromatic rings. The van der Waals surface area contributed by atoms with Gasteiger partial charge in [0, 0.05) is 23.5 Å². The molecular formula is C15H14ClF3N2. The number of benzene rings is 1. The summed E-state index contributed by atoms with van der Waals surface area (Å²) in [5.41, 5.74) is 0.229. The van der Waals surface area contributed by atoms with E-state index in [1.54, 1.807) is 25.2 Å². The molecular weight excluding hydrogens is 301 g/mol. The van der Waals surface area contributed by atoms with Crippen LogP contribution in [0.2, 0.25) is 5.02 Å². The average Bonchev–Trinajstić information content (AvgIpc) is 2.45. The first-order valence-corrected chi connectivity index (χ1v) is 6.73. The third-order valence-electron chi connectivity index (χ3n) is 3.26. The molecule has 1 aromatic heterocycles. The normalized spacial score (nSPS) is 13.2. The fourth-order valence-corrected chi connectivity index (χ4v) is 2.41. The SMILES string of the molecule is CNC(Cc1ccccc1Cl)c1cnccc1C(F)(F)F. The molecule has 0 bridgehead atoms. The van der Waals surface area contributed by atoms with E-state index < -0.39 is 17.8 Å². The predicted octanol–water partition coefficient (Wildman–Crippen LogP) is 4.26. The Labute approximate surface area is 126 Å². The molecule has 6 heteroatoms. The van der Waals surface area contributed by atoms with E-state index in [1.807, 2.05) is 6.07 Å². The highest BCUT2D eigenvalue weighted by atomic mass is 35.5. The van der Waals surface area contributed by atoms with Gasteiger partial charge in [-0.15, -0.1) is 0 Å². The Balaban J connectivity index is 2.37. The standard InChI is InChI=1S/C15H14ClF3N2/c1-20-14(8-10-4-2-3-5-13(10)16)11-9-21-7-6-12(11)15(17,18)19/h2-7,9,14,20H,8H2,1H3. The largest absolute Gasteiger partial charge is 0.416 e. The van der Waals surface area contributed by atoms with E-state index >= 15 is 0 Å². The summed E-state index contributed by atoms with van der Waals surface area (Å²) in [4.78, 5) is 3.82. The summed E-state index contributed by atoms with van der Waals surface area (Å²) >= 11 is 6.08. The number of hydrogen-bond donors (Lipinski definition) is 1. The fourth-order valence-electron chi connectivity index (χ4n) is 2.19. The van der Waals surface area contributed by atoms with E-state index in [1.165, 1.54) is 6.20 Å². The van der Waals surface area contributed by atoms with Gasteiger partial charge in [0.1, 0.15) is 0 Å². The topological polar surface area (TPSA) is 24.9 Å². The third kappa shape index (κ3) is 3.74. The first-order chi connectivity index (χ1) is 9.93. The van der Waals surface area contributed by atoms with Gasteiger partial charge in [-0.25, -0.2) is 0 Å². The second kappa shape index (κ2) is 6.45. The van der Waals surface area contributed by atoms with Gasteiger partial charge in [0.05, 0.1) is 5.56 Å². The quantitative estimate of drug-likeness (QED) is 0.912. The van der Waals surface area contributed by atoms with Crippen molar-refractivity contribution in [3.8, 4) is 0 Å². The molecule has 0 fully saturated rings. The molecule has 2 rings (SSSR count). The first kappa shape index (κ1) is 15.8. The molecule has 0 spiro atoms. The number of halogens is 4. The van der Waals surface area contributed by atoms with Crippen LogP contribution in [0, 0.1) is 0 Å². The number of nitrogens with one attached hydrogen (secondary N) is 1. The van der Waals surface area contributed by atoms with Crippen molar-refractivity contribution in [3.05, 3.63) is 64.4 Å². The van der Waals surface area contributed by atoms with E-state index in [-0.39, 0.29) is 5.56 Å². The zero-order valence-electron chi connectivity index (χ0n) is 11.3. The molecule has 1 N–H and O–H groups in total. The number of rotatable bonds is 4. The molecule has 1 aromatic carbocycles. The van der Waals surface area contributed by atoms with Crippen LogP contribution in [0.15, 0.2) is 42.7 Å². The Bertz CT molecular complexity index is 614. The molecule has 21 heavy (non-hydrogen) atoms. The van der Waals surface area contributed by atoms with Crippen molar-refractivity contribution >= 4 is 11.6 Å². The smallest absolute Gasteiger partial charge is 0.313 e. The zero-order valence-corrected chi connectivity index (χ0v) is 12.0. The van der Waals surface area contributed by atoms with Crippen molar-refractivity contribution in [2.24, 2.45) is 0 Å². The molecule has 0 aliphatic rings. The summed E-state index contributed by atoms with van der Waals surface area (Å²) in [5.74, 6) is 0. The minimum atomic E-state index is -4.41. The number of aromatic nitrogens is 1. The highest BCUT2D eigenvalue weighted by molar-refractivity contribution is 6.31. The zero-order chi connectivity index (χ0) is 15.5. The Morgan fingerprint density at radius 1 is 1.24 bits per heavy atom. The van der Waals surface area contributed by atoms with Crippen molar-refractivity contribution in [3.63, 3.8) is 0 Å². The van der Waals surface area contributed by atoms with Crippen LogP contribution in [0.5, 0.6) is 0 Å². The lowest BCUT2D eigenvalue weighted by atomic mass is 9.96. The Kier molecular flexibility index (Phi) is 4.85. The van der Waals surface area contributed by atoms with Gasteiger partial charge < -0.3 is 5.32 Å². The summed E-state index contributed by atoms with van der Waals surface area (Å²) < 4.78 is 39.2. The van der Waals surface area contributed by atoms with Gasteiger partial charge in [0.15, 0.2) is 0 Å². The summed E-state index contributed by atoms with van der Waals surface area (Å²) in [6, 6.07) is 7.59. The number of nitrogens with zero attached hydrogens (tertiary/aromatic N) is 1. The van der Waals surface area contributed by atoms with Crippen molar-refractivity contribution in [1.82, 2.24) is 10.3 Å². The highest BCUT2D eigenvalue weighted by Crippen LogP contribution is 2.35. The number of pyridine rings is 1. The van der Waals surface area contributed by atoms with Crippen LogP contribution in [-0.4, -0.2) is 12.0 Å². The van der Waals surface area contributed by atoms with Crippen molar-refractivity contribution in [2.45, 2.75) is 18.6 Å². The lowest BCUT2D eigenvalue weighted by Gasteiger charge is -2.21. The van der Waals surface area contributed by atoms with E-state index in [0.717, 1.165) is 17.8 Å². The van der Waals surface area contributed by atoms with Gasteiger partial charge in [-0.05, 0) is 36.7 Å². The second-order valence-electron chi connectivity index (χ2n) is 4.60. The molecule has 112 valence electrons. The minimum absolute atomic E-state index is 0.118. The lowest BCUT2D eigenvalue weighted by Crippen LogP contribution is -2.23. The Morgan fingerprint density at radius 2 is 1.95 bits per heavy atom. The maximum Gasteiger partial charge on any atom is 0.416 e. The molecule has 1 atom stereocenters. The summed E-state index contributed by atoms with van der Waals surface area (Å²) in [7, 11) is 1.62. The van der Waals surface area contributed by atoms with Crippen molar-refractivity contribution in [2.75, 3.05) is 7.05 Å². The maximum absolute atomic E-state index is 13.1. The minimum Gasteiger partial charge on any atom is -0.313 e. The van der Waals surface area contributed by atoms with Gasteiger partial charge in [-0.1, -0.05) is 29.8 Å². The van der Waals surface area contributed by atoms with Crippen LogP contribution >= 0.6 is 11.6 Å². The fraction of sp³-hybridized carbons (Fsp3) is 0.267. The molecule has 0 radical (unpaired) electrons. The maximum atomic E-state index is 13.1. The number of likely N-dealkylation sites (N-methyl/N-ethyl adjacent to an activating group) is 1. The molecule has 0 saturated heterocycles. The van der Waals surface area contributed by atoms with Crippen LogP contribution < -0.4 is 5.32 Å². The van der Waals surface area contributed by atoms with Gasteiger partial charge in [-0.2, -0.15) is 13.2 Å². The predicted molar refractivity (Wildman–Crippen MR) is 76.2 cm³/mol. The van der Waals surface area contributed by atoms with Crippen molar-refractivity contribution in [1.29, 1.82) is 0 Å². The lowest BCUT2D eigenvalue weighted by molar-refractivity contribution is -0.138. The van der Waals surface area contributed by atoms with Gasteiger partial charge in [0.25, 0.3) is 0 Å². The van der Waals surface area contributed by atoms with E-state index in [4.69, 9.17) is 11.6 Å². The van der Waals surface area contributed by atoms with E-state index in [2.05, 4.69) is 10.3 Å². The van der Waals surface area contributed by atoms with Gasteiger partial charge in [0.2, 0.25) is 0 Å². The van der Waals surface area contributed by atoms with Crippen LogP contribution in [0.3, 0.4) is 0 Å². The van der Waals surface area contributed by atoms with E-state index in [9.17, 15) is 13.2 Å². The molecule has 0 saturated carbocycles. The van der Waals surface area contributed by atoms with Crippen molar-refractivity contribution < 1.29 is 13.2 Å². The van der Waals surface area contributed by atoms with E-state index in [0.29, 0.717) is 11.4 Å². The first-order valence-electron chi connectivity index (χ1n) is 6.35. The molecule has 0 aliphatic heterocycles.